The van der Waals surface area contributed by atoms with Crippen molar-refractivity contribution in [1.82, 2.24) is 4.98 Å². The standard InChI is InChI=1S/C18H14BrFN2O2S/c1-10-3-6-16(24-2)13(7-10)15-9-25-18(21-15)22-17(23)12-5-4-11(19)8-14(12)20/h3-9H,1-2H3,(H,21,22,23). The van der Waals surface area contributed by atoms with Crippen molar-refractivity contribution in [3.8, 4) is 17.0 Å². The van der Waals surface area contributed by atoms with E-state index in [1.54, 1.807) is 13.2 Å². The maximum Gasteiger partial charge on any atom is 0.260 e. The highest BCUT2D eigenvalue weighted by Crippen LogP contribution is 2.33. The molecule has 1 amide bonds. The molecule has 3 rings (SSSR count). The molecule has 1 heterocycles. The molecule has 25 heavy (non-hydrogen) atoms. The van der Waals surface area contributed by atoms with Gasteiger partial charge in [-0.15, -0.1) is 11.3 Å². The Morgan fingerprint density at radius 1 is 1.28 bits per heavy atom. The number of halogens is 2. The van der Waals surface area contributed by atoms with Crippen LogP contribution >= 0.6 is 27.3 Å². The molecule has 0 spiro atoms. The first-order chi connectivity index (χ1) is 12.0. The Morgan fingerprint density at radius 3 is 2.80 bits per heavy atom. The minimum Gasteiger partial charge on any atom is -0.496 e. The molecule has 1 N–H and O–H groups in total. The molecule has 7 heteroatoms. The van der Waals surface area contributed by atoms with Crippen LogP contribution in [0.5, 0.6) is 5.75 Å². The number of thiazole rings is 1. The Balaban J connectivity index is 1.85. The summed E-state index contributed by atoms with van der Waals surface area (Å²) in [5.74, 6) is -0.432. The molecule has 0 saturated carbocycles. The minimum atomic E-state index is -0.594. The molecular weight excluding hydrogens is 407 g/mol. The van der Waals surface area contributed by atoms with Crippen LogP contribution in [-0.2, 0) is 0 Å². The second-order valence-electron chi connectivity index (χ2n) is 5.32. The van der Waals surface area contributed by atoms with Crippen molar-refractivity contribution in [3.63, 3.8) is 0 Å². The lowest BCUT2D eigenvalue weighted by atomic mass is 10.1. The van der Waals surface area contributed by atoms with Crippen LogP contribution in [0.1, 0.15) is 15.9 Å². The van der Waals surface area contributed by atoms with Crippen LogP contribution < -0.4 is 10.1 Å². The lowest BCUT2D eigenvalue weighted by molar-refractivity contribution is 0.102. The van der Waals surface area contributed by atoms with Gasteiger partial charge in [0.15, 0.2) is 5.13 Å². The van der Waals surface area contributed by atoms with Crippen molar-refractivity contribution in [2.45, 2.75) is 6.92 Å². The SMILES string of the molecule is COc1ccc(C)cc1-c1csc(NC(=O)c2ccc(Br)cc2F)n1. The average molecular weight is 421 g/mol. The molecule has 0 fully saturated rings. The fourth-order valence-electron chi connectivity index (χ4n) is 2.31. The summed E-state index contributed by atoms with van der Waals surface area (Å²) in [6.07, 6.45) is 0. The predicted octanol–water partition coefficient (Wildman–Crippen LogP) is 5.28. The number of amides is 1. The number of nitrogens with zero attached hydrogens (tertiary/aromatic N) is 1. The molecule has 0 aliphatic carbocycles. The number of carbonyl (C=O) groups is 1. The second kappa shape index (κ2) is 7.33. The van der Waals surface area contributed by atoms with Gasteiger partial charge in [0.25, 0.3) is 5.91 Å². The zero-order valence-corrected chi connectivity index (χ0v) is 15.9. The van der Waals surface area contributed by atoms with E-state index in [1.165, 1.54) is 23.5 Å². The third-order valence-electron chi connectivity index (χ3n) is 3.53. The Bertz CT molecular complexity index is 943. The number of methoxy groups -OCH3 is 1. The van der Waals surface area contributed by atoms with Gasteiger partial charge in [-0.3, -0.25) is 10.1 Å². The monoisotopic (exact) mass is 420 g/mol. The number of nitrogens with one attached hydrogen (secondary N) is 1. The van der Waals surface area contributed by atoms with Gasteiger partial charge in [-0.1, -0.05) is 27.6 Å². The molecule has 0 radical (unpaired) electrons. The van der Waals surface area contributed by atoms with E-state index in [0.29, 0.717) is 21.0 Å². The molecule has 0 bridgehead atoms. The molecule has 0 aliphatic heterocycles. The quantitative estimate of drug-likeness (QED) is 0.624. The number of carbonyl (C=O) groups excluding carboxylic acids is 1. The molecule has 128 valence electrons. The minimum absolute atomic E-state index is 0.0342. The normalized spacial score (nSPS) is 10.6. The van der Waals surface area contributed by atoms with Crippen molar-refractivity contribution in [3.05, 3.63) is 63.2 Å². The van der Waals surface area contributed by atoms with Crippen LogP contribution in [0.3, 0.4) is 0 Å². The van der Waals surface area contributed by atoms with Crippen molar-refractivity contribution in [2.24, 2.45) is 0 Å². The Hall–Kier alpha value is -2.25. The van der Waals surface area contributed by atoms with Crippen molar-refractivity contribution in [1.29, 1.82) is 0 Å². The van der Waals surface area contributed by atoms with E-state index in [4.69, 9.17) is 4.74 Å². The molecule has 4 nitrogen and oxygen atoms in total. The predicted molar refractivity (Wildman–Crippen MR) is 101 cm³/mol. The molecule has 2 aromatic carbocycles. The summed E-state index contributed by atoms with van der Waals surface area (Å²) >= 11 is 4.44. The van der Waals surface area contributed by atoms with Crippen molar-refractivity contribution < 1.29 is 13.9 Å². The third kappa shape index (κ3) is 3.88. The number of hydrogen-bond acceptors (Lipinski definition) is 4. The molecule has 0 unspecified atom stereocenters. The highest BCUT2D eigenvalue weighted by atomic mass is 79.9. The largest absolute Gasteiger partial charge is 0.496 e. The highest BCUT2D eigenvalue weighted by Gasteiger charge is 2.15. The van der Waals surface area contributed by atoms with Gasteiger partial charge in [-0.25, -0.2) is 9.37 Å². The topological polar surface area (TPSA) is 51.2 Å². The van der Waals surface area contributed by atoms with Crippen molar-refractivity contribution in [2.75, 3.05) is 12.4 Å². The third-order valence-corrected chi connectivity index (χ3v) is 4.78. The maximum atomic E-state index is 13.9. The van der Waals surface area contributed by atoms with Crippen LogP contribution in [0, 0.1) is 12.7 Å². The van der Waals surface area contributed by atoms with Crippen LogP contribution in [0.15, 0.2) is 46.3 Å². The molecule has 3 aromatic rings. The van der Waals surface area contributed by atoms with E-state index in [0.717, 1.165) is 11.1 Å². The number of ether oxygens (including phenoxy) is 1. The molecule has 0 aliphatic rings. The lowest BCUT2D eigenvalue weighted by Crippen LogP contribution is -2.13. The van der Waals surface area contributed by atoms with Gasteiger partial charge < -0.3 is 4.74 Å². The van der Waals surface area contributed by atoms with Crippen LogP contribution in [-0.4, -0.2) is 18.0 Å². The van der Waals surface area contributed by atoms with Crippen LogP contribution in [0.2, 0.25) is 0 Å². The van der Waals surface area contributed by atoms with Gasteiger partial charge in [0.05, 0.1) is 18.4 Å². The highest BCUT2D eigenvalue weighted by molar-refractivity contribution is 9.10. The number of benzene rings is 2. The Kier molecular flexibility index (Phi) is 5.15. The molecular formula is C18H14BrFN2O2S. The van der Waals surface area contributed by atoms with Gasteiger partial charge in [0.2, 0.25) is 0 Å². The molecule has 1 aromatic heterocycles. The summed E-state index contributed by atoms with van der Waals surface area (Å²) in [5.41, 5.74) is 2.57. The first kappa shape index (κ1) is 17.6. The number of rotatable bonds is 4. The zero-order chi connectivity index (χ0) is 18.0. The van der Waals surface area contributed by atoms with Gasteiger partial charge in [-0.05, 0) is 37.3 Å². The fourth-order valence-corrected chi connectivity index (χ4v) is 3.35. The fraction of sp³-hybridized carbons (Fsp3) is 0.111. The van der Waals surface area contributed by atoms with E-state index in [1.807, 2.05) is 30.5 Å². The van der Waals surface area contributed by atoms with Gasteiger partial charge in [0, 0.05) is 15.4 Å². The number of hydrogen-bond donors (Lipinski definition) is 1. The first-order valence-electron chi connectivity index (χ1n) is 7.35. The summed E-state index contributed by atoms with van der Waals surface area (Å²) in [4.78, 5) is 16.7. The molecule has 0 saturated heterocycles. The summed E-state index contributed by atoms with van der Waals surface area (Å²) in [5, 5.41) is 4.85. The summed E-state index contributed by atoms with van der Waals surface area (Å²) in [6, 6.07) is 10.1. The van der Waals surface area contributed by atoms with E-state index in [9.17, 15) is 9.18 Å². The zero-order valence-electron chi connectivity index (χ0n) is 13.5. The lowest BCUT2D eigenvalue weighted by Gasteiger charge is -2.07. The summed E-state index contributed by atoms with van der Waals surface area (Å²) < 4.78 is 19.8. The van der Waals surface area contributed by atoms with Gasteiger partial charge in [-0.2, -0.15) is 0 Å². The first-order valence-corrected chi connectivity index (χ1v) is 9.02. The van der Waals surface area contributed by atoms with Gasteiger partial charge in [0.1, 0.15) is 11.6 Å². The summed E-state index contributed by atoms with van der Waals surface area (Å²) in [7, 11) is 1.60. The Labute approximate surface area is 156 Å². The van der Waals surface area contributed by atoms with Crippen molar-refractivity contribution >= 4 is 38.3 Å². The van der Waals surface area contributed by atoms with Gasteiger partial charge >= 0.3 is 0 Å². The second-order valence-corrected chi connectivity index (χ2v) is 7.09. The molecule has 0 atom stereocenters. The van der Waals surface area contributed by atoms with E-state index in [2.05, 4.69) is 26.2 Å². The van der Waals surface area contributed by atoms with E-state index in [-0.39, 0.29) is 5.56 Å². The van der Waals surface area contributed by atoms with Crippen LogP contribution in [0.25, 0.3) is 11.3 Å². The maximum absolute atomic E-state index is 13.9. The number of aryl methyl sites for hydroxylation is 1. The number of anilines is 1. The van der Waals surface area contributed by atoms with E-state index >= 15 is 0 Å². The van der Waals surface area contributed by atoms with Crippen LogP contribution in [0.4, 0.5) is 9.52 Å². The number of aromatic nitrogens is 1. The Morgan fingerprint density at radius 2 is 2.08 bits per heavy atom. The summed E-state index contributed by atoms with van der Waals surface area (Å²) in [6.45, 7) is 1.98. The van der Waals surface area contributed by atoms with E-state index < -0.39 is 11.7 Å². The smallest absolute Gasteiger partial charge is 0.260 e. The average Bonchev–Trinajstić information content (AvgIpc) is 3.03.